The Kier molecular flexibility index (Phi) is 4.92. The first kappa shape index (κ1) is 19.7. The van der Waals surface area contributed by atoms with Gasteiger partial charge in [-0.3, -0.25) is 9.36 Å². The van der Waals surface area contributed by atoms with Crippen LogP contribution >= 0.6 is 0 Å². The first-order valence-corrected chi connectivity index (χ1v) is 10.5. The van der Waals surface area contributed by atoms with Crippen molar-refractivity contribution in [2.24, 2.45) is 11.8 Å². The van der Waals surface area contributed by atoms with Gasteiger partial charge in [0.1, 0.15) is 11.6 Å². The summed E-state index contributed by atoms with van der Waals surface area (Å²) in [6.07, 6.45) is 2.73. The van der Waals surface area contributed by atoms with E-state index in [1.807, 2.05) is 4.90 Å². The zero-order valence-electron chi connectivity index (χ0n) is 16.9. The van der Waals surface area contributed by atoms with Gasteiger partial charge in [0, 0.05) is 31.1 Å². The quantitative estimate of drug-likeness (QED) is 0.682. The molecule has 2 aromatic carbocycles. The first-order chi connectivity index (χ1) is 15.0. The molecule has 160 valence electrons. The summed E-state index contributed by atoms with van der Waals surface area (Å²) in [6.45, 7) is 1.64. The van der Waals surface area contributed by atoms with Crippen LogP contribution in [0.3, 0.4) is 0 Å². The van der Waals surface area contributed by atoms with Gasteiger partial charge >= 0.3 is 5.69 Å². The Balaban J connectivity index is 1.39. The Hall–Kier alpha value is -3.29. The molecule has 6 nitrogen and oxygen atoms in total. The Morgan fingerprint density at radius 1 is 1.06 bits per heavy atom. The summed E-state index contributed by atoms with van der Waals surface area (Å²) < 4.78 is 30.5. The van der Waals surface area contributed by atoms with Crippen LogP contribution in [0.1, 0.15) is 19.3 Å². The highest BCUT2D eigenvalue weighted by atomic mass is 19.1. The second-order valence-electron chi connectivity index (χ2n) is 8.35. The van der Waals surface area contributed by atoms with Crippen LogP contribution in [0.4, 0.5) is 8.78 Å². The third-order valence-corrected chi connectivity index (χ3v) is 6.12. The van der Waals surface area contributed by atoms with Crippen LogP contribution in [0, 0.1) is 23.5 Å². The maximum absolute atomic E-state index is 15.0. The van der Waals surface area contributed by atoms with E-state index in [1.165, 1.54) is 22.8 Å². The molecule has 1 aromatic heterocycles. The number of benzene rings is 2. The highest BCUT2D eigenvalue weighted by Crippen LogP contribution is 2.33. The lowest BCUT2D eigenvalue weighted by molar-refractivity contribution is -0.131. The summed E-state index contributed by atoms with van der Waals surface area (Å²) in [6, 6.07) is 10.6. The molecule has 31 heavy (non-hydrogen) atoms. The van der Waals surface area contributed by atoms with Crippen LogP contribution in [0.25, 0.3) is 22.5 Å². The predicted molar refractivity (Wildman–Crippen MR) is 111 cm³/mol. The van der Waals surface area contributed by atoms with Gasteiger partial charge in [0.2, 0.25) is 5.91 Å². The number of hydrogen-bond acceptors (Lipinski definition) is 3. The Morgan fingerprint density at radius 3 is 2.61 bits per heavy atom. The van der Waals surface area contributed by atoms with E-state index >= 15 is 0 Å². The molecule has 0 unspecified atom stereocenters. The summed E-state index contributed by atoms with van der Waals surface area (Å²) >= 11 is 0. The van der Waals surface area contributed by atoms with Gasteiger partial charge < -0.3 is 4.90 Å². The fraction of sp³-hybridized carbons (Fsp3) is 0.348. The molecule has 2 aliphatic rings. The maximum atomic E-state index is 15.0. The second kappa shape index (κ2) is 7.76. The SMILES string of the molecule is O=C(C1CC1)N1CC[C@@H](Cn2c(-c3ccc(-c4ccccc4F)cc3F)n[nH]c2=O)C1. The van der Waals surface area contributed by atoms with Crippen molar-refractivity contribution in [2.45, 2.75) is 25.8 Å². The average molecular weight is 424 g/mol. The van der Waals surface area contributed by atoms with Gasteiger partial charge in [-0.05, 0) is 48.9 Å². The number of halogens is 2. The van der Waals surface area contributed by atoms with Gasteiger partial charge in [0.05, 0.1) is 5.56 Å². The lowest BCUT2D eigenvalue weighted by Gasteiger charge is -2.16. The highest BCUT2D eigenvalue weighted by molar-refractivity contribution is 5.81. The number of hydrogen-bond donors (Lipinski definition) is 1. The number of carbonyl (C=O) groups excluding carboxylic acids is 1. The van der Waals surface area contributed by atoms with Crippen molar-refractivity contribution in [3.8, 4) is 22.5 Å². The summed E-state index contributed by atoms with van der Waals surface area (Å²) in [5.74, 6) is -0.326. The van der Waals surface area contributed by atoms with Gasteiger partial charge in [-0.15, -0.1) is 0 Å². The second-order valence-corrected chi connectivity index (χ2v) is 8.35. The number of aromatic nitrogens is 3. The molecule has 5 rings (SSSR count). The number of nitrogens with one attached hydrogen (secondary N) is 1. The molecule has 1 atom stereocenters. The zero-order chi connectivity index (χ0) is 21.5. The average Bonchev–Trinajstić information content (AvgIpc) is 3.41. The Bertz CT molecular complexity index is 1200. The van der Waals surface area contributed by atoms with Gasteiger partial charge in [-0.1, -0.05) is 24.3 Å². The summed E-state index contributed by atoms with van der Waals surface area (Å²) in [5.41, 5.74) is 0.467. The van der Waals surface area contributed by atoms with E-state index in [-0.39, 0.29) is 29.1 Å². The zero-order valence-corrected chi connectivity index (χ0v) is 16.9. The molecule has 0 radical (unpaired) electrons. The molecule has 0 bridgehead atoms. The minimum atomic E-state index is -0.585. The van der Waals surface area contributed by atoms with Gasteiger partial charge in [-0.2, -0.15) is 5.10 Å². The third kappa shape index (κ3) is 3.78. The van der Waals surface area contributed by atoms with Gasteiger partial charge in [-0.25, -0.2) is 18.7 Å². The van der Waals surface area contributed by atoms with Crippen molar-refractivity contribution in [2.75, 3.05) is 13.1 Å². The van der Waals surface area contributed by atoms with E-state index in [1.54, 1.807) is 24.3 Å². The van der Waals surface area contributed by atoms with Crippen molar-refractivity contribution in [1.29, 1.82) is 0 Å². The number of likely N-dealkylation sites (tertiary alicyclic amines) is 1. The van der Waals surface area contributed by atoms with E-state index < -0.39 is 17.3 Å². The fourth-order valence-corrected chi connectivity index (χ4v) is 4.28. The van der Waals surface area contributed by atoms with Gasteiger partial charge in [0.15, 0.2) is 5.82 Å². The van der Waals surface area contributed by atoms with E-state index in [9.17, 15) is 18.4 Å². The Labute approximate surface area is 177 Å². The molecule has 1 aliphatic heterocycles. The molecule has 3 aromatic rings. The van der Waals surface area contributed by atoms with E-state index in [0.29, 0.717) is 30.8 Å². The lowest BCUT2D eigenvalue weighted by atomic mass is 10.0. The first-order valence-electron chi connectivity index (χ1n) is 10.5. The van der Waals surface area contributed by atoms with E-state index in [0.717, 1.165) is 19.3 Å². The number of rotatable bonds is 5. The van der Waals surface area contributed by atoms with Crippen LogP contribution in [-0.4, -0.2) is 38.7 Å². The maximum Gasteiger partial charge on any atom is 0.343 e. The minimum Gasteiger partial charge on any atom is -0.342 e. The van der Waals surface area contributed by atoms with Crippen molar-refractivity contribution < 1.29 is 13.6 Å². The van der Waals surface area contributed by atoms with Crippen LogP contribution in [0.2, 0.25) is 0 Å². The molecule has 2 fully saturated rings. The number of H-pyrrole nitrogens is 1. The van der Waals surface area contributed by atoms with Crippen LogP contribution in [-0.2, 0) is 11.3 Å². The van der Waals surface area contributed by atoms with E-state index in [4.69, 9.17) is 0 Å². The predicted octanol–water partition coefficient (Wildman–Crippen LogP) is 3.44. The standard InChI is InChI=1S/C23H22F2N4O2/c24-19-4-2-1-3-17(19)16-7-8-18(20(25)11-16)21-26-27-23(31)29(21)13-14-9-10-28(12-14)22(30)15-5-6-15/h1-4,7-8,11,14-15H,5-6,9-10,12-13H2,(H,27,31)/t14-/m1/s1. The number of aromatic amines is 1. The number of amides is 1. The minimum absolute atomic E-state index is 0.109. The molecule has 0 spiro atoms. The summed E-state index contributed by atoms with van der Waals surface area (Å²) in [4.78, 5) is 26.5. The highest BCUT2D eigenvalue weighted by Gasteiger charge is 2.37. The fourth-order valence-electron chi connectivity index (χ4n) is 4.28. The molecule has 1 saturated carbocycles. The summed E-state index contributed by atoms with van der Waals surface area (Å²) in [5, 5.41) is 6.44. The molecule has 8 heteroatoms. The lowest BCUT2D eigenvalue weighted by Crippen LogP contribution is -2.31. The van der Waals surface area contributed by atoms with Crippen molar-refractivity contribution >= 4 is 5.91 Å². The smallest absolute Gasteiger partial charge is 0.342 e. The molecular formula is C23H22F2N4O2. The van der Waals surface area contributed by atoms with E-state index in [2.05, 4.69) is 10.2 Å². The normalized spacial score (nSPS) is 18.5. The summed E-state index contributed by atoms with van der Waals surface area (Å²) in [7, 11) is 0. The molecule has 1 N–H and O–H groups in total. The third-order valence-electron chi connectivity index (χ3n) is 6.12. The molecular weight excluding hydrogens is 402 g/mol. The Morgan fingerprint density at radius 2 is 1.87 bits per heavy atom. The molecule has 2 heterocycles. The van der Waals surface area contributed by atoms with Crippen molar-refractivity contribution in [1.82, 2.24) is 19.7 Å². The van der Waals surface area contributed by atoms with Gasteiger partial charge in [0.25, 0.3) is 0 Å². The van der Waals surface area contributed by atoms with Crippen molar-refractivity contribution in [3.63, 3.8) is 0 Å². The van der Waals surface area contributed by atoms with Crippen LogP contribution in [0.5, 0.6) is 0 Å². The monoisotopic (exact) mass is 424 g/mol. The number of carbonyl (C=O) groups is 1. The van der Waals surface area contributed by atoms with Crippen LogP contribution in [0.15, 0.2) is 47.3 Å². The largest absolute Gasteiger partial charge is 0.343 e. The number of nitrogens with zero attached hydrogens (tertiary/aromatic N) is 3. The topological polar surface area (TPSA) is 71.0 Å². The molecule has 1 saturated heterocycles. The molecule has 1 aliphatic carbocycles. The van der Waals surface area contributed by atoms with Crippen molar-refractivity contribution in [3.05, 3.63) is 64.6 Å². The van der Waals surface area contributed by atoms with Crippen LogP contribution < -0.4 is 5.69 Å². The molecule has 1 amide bonds.